The Bertz CT molecular complexity index is 1260. The number of H-pyrrole nitrogens is 1. The summed E-state index contributed by atoms with van der Waals surface area (Å²) in [6.07, 6.45) is 4.36. The first-order valence-corrected chi connectivity index (χ1v) is 10.0. The molecule has 3 aliphatic rings. The number of nitrogens with zero attached hydrogens (tertiary/aromatic N) is 3. The van der Waals surface area contributed by atoms with E-state index in [1.807, 2.05) is 37.3 Å². The minimum absolute atomic E-state index is 0.0661. The zero-order valence-electron chi connectivity index (χ0n) is 16.3. The van der Waals surface area contributed by atoms with E-state index in [1.54, 1.807) is 4.90 Å². The van der Waals surface area contributed by atoms with Gasteiger partial charge in [-0.25, -0.2) is 19.7 Å². The van der Waals surface area contributed by atoms with Crippen LogP contribution in [0.3, 0.4) is 0 Å². The van der Waals surface area contributed by atoms with Gasteiger partial charge in [-0.1, -0.05) is 24.3 Å². The third kappa shape index (κ3) is 2.39. The number of allylic oxidation sites excluding steroid dienone is 1. The molecular weight excluding hydrogens is 382 g/mol. The van der Waals surface area contributed by atoms with Crippen LogP contribution in [0.25, 0.3) is 22.3 Å². The Morgan fingerprint density at radius 3 is 3.00 bits per heavy atom. The lowest BCUT2D eigenvalue weighted by Crippen LogP contribution is -2.35. The normalized spacial score (nSPS) is 22.2. The van der Waals surface area contributed by atoms with Gasteiger partial charge in [0, 0.05) is 29.4 Å². The average molecular weight is 401 g/mol. The SMILES string of the molecule is Cc1nc2cccc3c2nc1N1C(=O)OCC1C=CCC1CNC(=O)c2cc-3[nH]c21. The molecule has 4 bridgehead atoms. The number of cyclic esters (lactones) is 1. The van der Waals surface area contributed by atoms with Crippen molar-refractivity contribution in [3.63, 3.8) is 0 Å². The Morgan fingerprint density at radius 2 is 2.10 bits per heavy atom. The molecule has 0 spiro atoms. The molecule has 5 heterocycles. The molecule has 0 saturated carbocycles. The molecule has 1 saturated heterocycles. The molecule has 30 heavy (non-hydrogen) atoms. The van der Waals surface area contributed by atoms with Gasteiger partial charge in [0.25, 0.3) is 5.91 Å². The van der Waals surface area contributed by atoms with E-state index in [1.165, 1.54) is 0 Å². The number of rotatable bonds is 0. The topological polar surface area (TPSA) is 100 Å². The number of ether oxygens (including phenoxy) is 1. The first-order chi connectivity index (χ1) is 14.6. The second-order valence-electron chi connectivity index (χ2n) is 7.90. The number of anilines is 1. The fourth-order valence-corrected chi connectivity index (χ4v) is 4.56. The first-order valence-electron chi connectivity index (χ1n) is 10.0. The summed E-state index contributed by atoms with van der Waals surface area (Å²) < 4.78 is 5.33. The number of amides is 2. The Hall–Kier alpha value is -3.68. The lowest BCUT2D eigenvalue weighted by atomic mass is 9.94. The summed E-state index contributed by atoms with van der Waals surface area (Å²) in [5.41, 5.74) is 5.35. The van der Waals surface area contributed by atoms with Gasteiger partial charge in [0.05, 0.1) is 22.8 Å². The molecule has 8 heteroatoms. The van der Waals surface area contributed by atoms with Gasteiger partial charge >= 0.3 is 6.09 Å². The number of hydrogen-bond donors (Lipinski definition) is 2. The minimum Gasteiger partial charge on any atom is -0.447 e. The molecule has 3 aliphatic heterocycles. The van der Waals surface area contributed by atoms with E-state index in [9.17, 15) is 9.59 Å². The van der Waals surface area contributed by atoms with E-state index in [0.29, 0.717) is 29.1 Å². The minimum atomic E-state index is -0.414. The Morgan fingerprint density at radius 1 is 1.20 bits per heavy atom. The molecule has 2 atom stereocenters. The molecule has 2 unspecified atom stereocenters. The third-order valence-electron chi connectivity index (χ3n) is 6.06. The van der Waals surface area contributed by atoms with E-state index < -0.39 is 6.09 Å². The molecule has 8 nitrogen and oxygen atoms in total. The summed E-state index contributed by atoms with van der Waals surface area (Å²) in [5.74, 6) is 0.563. The van der Waals surface area contributed by atoms with Gasteiger partial charge in [-0.05, 0) is 25.5 Å². The average Bonchev–Trinajstić information content (AvgIpc) is 3.33. The molecule has 2 aromatic heterocycles. The number of aromatic nitrogens is 3. The van der Waals surface area contributed by atoms with Crippen molar-refractivity contribution in [3.05, 3.63) is 53.4 Å². The summed E-state index contributed by atoms with van der Waals surface area (Å²) in [5, 5.41) is 2.98. The van der Waals surface area contributed by atoms with Crippen LogP contribution in [0.5, 0.6) is 0 Å². The first kappa shape index (κ1) is 17.2. The van der Waals surface area contributed by atoms with Gasteiger partial charge in [-0.2, -0.15) is 0 Å². The van der Waals surface area contributed by atoms with Crippen molar-refractivity contribution in [1.29, 1.82) is 0 Å². The van der Waals surface area contributed by atoms with Crippen molar-refractivity contribution >= 4 is 28.9 Å². The lowest BCUT2D eigenvalue weighted by molar-refractivity contribution is 0.0940. The standard InChI is InChI=1S/C22H19N5O3/c1-11-20-26-19-14(6-3-7-16(19)24-11)17-8-15-18(25-17)12(9-23-21(15)28)4-2-5-13-10-30-22(29)27(13)20/h2-3,5-8,12-13,25H,4,9-10H2,1H3,(H,23,28). The van der Waals surface area contributed by atoms with E-state index >= 15 is 0 Å². The molecule has 2 N–H and O–H groups in total. The Kier molecular flexibility index (Phi) is 3.53. The molecule has 150 valence electrons. The highest BCUT2D eigenvalue weighted by molar-refractivity contribution is 6.00. The van der Waals surface area contributed by atoms with E-state index in [4.69, 9.17) is 14.7 Å². The number of carbonyl (C=O) groups excluding carboxylic acids is 2. The number of para-hydroxylation sites is 1. The van der Waals surface area contributed by atoms with Gasteiger partial charge in [-0.15, -0.1) is 0 Å². The number of hydrogen-bond acceptors (Lipinski definition) is 5. The highest BCUT2D eigenvalue weighted by Gasteiger charge is 2.36. The van der Waals surface area contributed by atoms with Crippen molar-refractivity contribution in [2.24, 2.45) is 0 Å². The summed E-state index contributed by atoms with van der Waals surface area (Å²) in [7, 11) is 0. The van der Waals surface area contributed by atoms with Gasteiger partial charge in [0.2, 0.25) is 0 Å². The van der Waals surface area contributed by atoms with Crippen molar-refractivity contribution in [3.8, 4) is 11.3 Å². The molecule has 0 aliphatic carbocycles. The van der Waals surface area contributed by atoms with Crippen LogP contribution in [0.4, 0.5) is 10.6 Å². The smallest absolute Gasteiger partial charge is 0.416 e. The second-order valence-corrected chi connectivity index (χ2v) is 7.90. The van der Waals surface area contributed by atoms with Crippen LogP contribution < -0.4 is 10.2 Å². The maximum absolute atomic E-state index is 12.5. The van der Waals surface area contributed by atoms with Gasteiger partial charge < -0.3 is 15.0 Å². The van der Waals surface area contributed by atoms with Crippen LogP contribution in [0.1, 0.15) is 34.1 Å². The predicted octanol–water partition coefficient (Wildman–Crippen LogP) is 3.05. The number of benzene rings is 1. The van der Waals surface area contributed by atoms with Crippen molar-refractivity contribution in [2.75, 3.05) is 18.1 Å². The van der Waals surface area contributed by atoms with Crippen LogP contribution in [0, 0.1) is 6.92 Å². The highest BCUT2D eigenvalue weighted by atomic mass is 16.6. The summed E-state index contributed by atoms with van der Waals surface area (Å²) in [4.78, 5) is 39.6. The predicted molar refractivity (Wildman–Crippen MR) is 111 cm³/mol. The molecule has 1 fully saturated rings. The maximum atomic E-state index is 12.5. The molecule has 0 radical (unpaired) electrons. The fraction of sp³-hybridized carbons (Fsp3) is 0.273. The van der Waals surface area contributed by atoms with Crippen molar-refractivity contribution in [2.45, 2.75) is 25.3 Å². The second kappa shape index (κ2) is 6.16. The maximum Gasteiger partial charge on any atom is 0.416 e. The van der Waals surface area contributed by atoms with Gasteiger partial charge in [-0.3, -0.25) is 4.79 Å². The molecule has 3 aromatic rings. The largest absolute Gasteiger partial charge is 0.447 e. The molecular formula is C22H19N5O3. The Balaban J connectivity index is 1.66. The van der Waals surface area contributed by atoms with Crippen LogP contribution in [0.2, 0.25) is 0 Å². The van der Waals surface area contributed by atoms with E-state index in [0.717, 1.165) is 28.9 Å². The zero-order chi connectivity index (χ0) is 20.4. The monoisotopic (exact) mass is 401 g/mol. The van der Waals surface area contributed by atoms with Gasteiger partial charge in [0.1, 0.15) is 12.1 Å². The molecule has 1 aromatic carbocycles. The summed E-state index contributed by atoms with van der Waals surface area (Å²) >= 11 is 0. The zero-order valence-corrected chi connectivity index (χ0v) is 16.3. The van der Waals surface area contributed by atoms with Crippen molar-refractivity contribution < 1.29 is 14.3 Å². The number of carbonyl (C=O) groups is 2. The Labute approximate surface area is 172 Å². The molecule has 2 amide bonds. The van der Waals surface area contributed by atoms with Crippen LogP contribution >= 0.6 is 0 Å². The van der Waals surface area contributed by atoms with E-state index in [-0.39, 0.29) is 24.5 Å². The lowest BCUT2D eigenvalue weighted by Gasteiger charge is -2.22. The third-order valence-corrected chi connectivity index (χ3v) is 6.06. The number of aryl methyl sites for hydroxylation is 1. The van der Waals surface area contributed by atoms with Crippen molar-refractivity contribution in [1.82, 2.24) is 20.3 Å². The fourth-order valence-electron chi connectivity index (χ4n) is 4.56. The molecule has 6 rings (SSSR count). The van der Waals surface area contributed by atoms with Gasteiger partial charge in [0.15, 0.2) is 5.82 Å². The van der Waals surface area contributed by atoms with Crippen LogP contribution in [-0.2, 0) is 4.74 Å². The number of fused-ring (bicyclic) bond motifs is 5. The number of aromatic amines is 1. The summed E-state index contributed by atoms with van der Waals surface area (Å²) in [6.45, 7) is 2.69. The van der Waals surface area contributed by atoms with Crippen LogP contribution in [-0.4, -0.2) is 46.1 Å². The number of nitrogens with one attached hydrogen (secondary N) is 2. The highest BCUT2D eigenvalue weighted by Crippen LogP contribution is 2.35. The van der Waals surface area contributed by atoms with Crippen LogP contribution in [0.15, 0.2) is 36.4 Å². The summed E-state index contributed by atoms with van der Waals surface area (Å²) in [6, 6.07) is 7.42. The quantitative estimate of drug-likeness (QED) is 0.564. The van der Waals surface area contributed by atoms with E-state index in [2.05, 4.69) is 16.4 Å².